The number of phenolic OH excluding ortho intramolecular Hbond substituents is 1. The normalized spacial score (nSPS) is 11.4. The number of nitrogens with one attached hydrogen (secondary N) is 1. The van der Waals surface area contributed by atoms with E-state index in [4.69, 9.17) is 11.6 Å². The summed E-state index contributed by atoms with van der Waals surface area (Å²) in [5.41, 5.74) is -3.03. The maximum absolute atomic E-state index is 12.2. The van der Waals surface area contributed by atoms with Crippen molar-refractivity contribution < 1.29 is 18.3 Å². The molecule has 2 rings (SSSR count). The second kappa shape index (κ2) is 6.49. The van der Waals surface area contributed by atoms with E-state index in [1.807, 2.05) is 0 Å². The van der Waals surface area contributed by atoms with Crippen LogP contribution in [0.4, 0.5) is 18.9 Å². The second-order valence-corrected chi connectivity index (χ2v) is 5.77. The molecule has 2 nitrogen and oxygen atoms in total. The van der Waals surface area contributed by atoms with Crippen molar-refractivity contribution in [1.29, 1.82) is 0 Å². The average molecular weight is 334 g/mol. The third kappa shape index (κ3) is 5.06. The van der Waals surface area contributed by atoms with Gasteiger partial charge in [0, 0.05) is 27.7 Å². The van der Waals surface area contributed by atoms with Crippen molar-refractivity contribution in [3.63, 3.8) is 0 Å². The number of halogens is 4. The monoisotopic (exact) mass is 333 g/mol. The van der Waals surface area contributed by atoms with Gasteiger partial charge in [0.05, 0.1) is 0 Å². The molecule has 0 saturated carbocycles. The van der Waals surface area contributed by atoms with Gasteiger partial charge >= 0.3 is 5.51 Å². The van der Waals surface area contributed by atoms with Crippen LogP contribution in [0.15, 0.2) is 47.4 Å². The van der Waals surface area contributed by atoms with Crippen molar-refractivity contribution in [1.82, 2.24) is 0 Å². The number of anilines is 1. The SMILES string of the molecule is Oc1ccc(Cl)cc1CNc1ccc(SC(F)(F)F)cc1. The Kier molecular flexibility index (Phi) is 4.90. The molecule has 0 aliphatic carbocycles. The van der Waals surface area contributed by atoms with Crippen LogP contribution in [0.3, 0.4) is 0 Å². The molecule has 0 heterocycles. The molecule has 0 radical (unpaired) electrons. The van der Waals surface area contributed by atoms with Crippen LogP contribution in [0, 0.1) is 0 Å². The first-order valence-electron chi connectivity index (χ1n) is 5.90. The molecule has 0 aliphatic rings. The number of benzene rings is 2. The molecule has 0 amide bonds. The summed E-state index contributed by atoms with van der Waals surface area (Å²) in [6.07, 6.45) is 0. The number of alkyl halides is 3. The van der Waals surface area contributed by atoms with Gasteiger partial charge in [-0.25, -0.2) is 0 Å². The van der Waals surface area contributed by atoms with E-state index in [-0.39, 0.29) is 22.4 Å². The Morgan fingerprint density at radius 3 is 2.38 bits per heavy atom. The lowest BCUT2D eigenvalue weighted by Gasteiger charge is -2.10. The quantitative estimate of drug-likeness (QED) is 0.748. The van der Waals surface area contributed by atoms with Crippen LogP contribution >= 0.6 is 23.4 Å². The minimum absolute atomic E-state index is 0.108. The molecule has 2 N–H and O–H groups in total. The van der Waals surface area contributed by atoms with Gasteiger partial charge in [-0.05, 0) is 54.2 Å². The van der Waals surface area contributed by atoms with Crippen LogP contribution in [0.2, 0.25) is 5.02 Å². The van der Waals surface area contributed by atoms with Gasteiger partial charge in [-0.1, -0.05) is 11.6 Å². The predicted molar refractivity (Wildman–Crippen MR) is 78.8 cm³/mol. The molecule has 0 fully saturated rings. The minimum atomic E-state index is -4.29. The lowest BCUT2D eigenvalue weighted by atomic mass is 10.2. The summed E-state index contributed by atoms with van der Waals surface area (Å²) in [5.74, 6) is 0.108. The largest absolute Gasteiger partial charge is 0.508 e. The van der Waals surface area contributed by atoms with Crippen molar-refractivity contribution in [2.45, 2.75) is 16.9 Å². The van der Waals surface area contributed by atoms with E-state index < -0.39 is 5.51 Å². The fourth-order valence-corrected chi connectivity index (χ4v) is 2.40. The molecule has 0 saturated heterocycles. The van der Waals surface area contributed by atoms with Gasteiger partial charge in [0.25, 0.3) is 0 Å². The van der Waals surface area contributed by atoms with Gasteiger partial charge in [0.2, 0.25) is 0 Å². The van der Waals surface area contributed by atoms with Crippen molar-refractivity contribution in [3.05, 3.63) is 53.1 Å². The molecule has 0 bridgehead atoms. The van der Waals surface area contributed by atoms with Crippen LogP contribution in [0.1, 0.15) is 5.56 Å². The summed E-state index contributed by atoms with van der Waals surface area (Å²) in [7, 11) is 0. The Hall–Kier alpha value is -1.53. The van der Waals surface area contributed by atoms with Gasteiger partial charge < -0.3 is 10.4 Å². The molecule has 0 spiro atoms. The highest BCUT2D eigenvalue weighted by molar-refractivity contribution is 8.00. The summed E-state index contributed by atoms with van der Waals surface area (Å²) < 4.78 is 36.6. The zero-order valence-electron chi connectivity index (χ0n) is 10.6. The predicted octanol–water partition coefficient (Wildman–Crippen LogP) is 5.27. The molecule has 0 aromatic heterocycles. The Labute approximate surface area is 128 Å². The third-order valence-electron chi connectivity index (χ3n) is 2.61. The Balaban J connectivity index is 1.99. The van der Waals surface area contributed by atoms with Gasteiger partial charge in [0.15, 0.2) is 0 Å². The van der Waals surface area contributed by atoms with Gasteiger partial charge in [0.1, 0.15) is 5.75 Å². The van der Waals surface area contributed by atoms with Gasteiger partial charge in [-0.15, -0.1) is 0 Å². The molecular weight excluding hydrogens is 323 g/mol. The van der Waals surface area contributed by atoms with E-state index in [1.54, 1.807) is 24.3 Å². The van der Waals surface area contributed by atoms with Crippen molar-refractivity contribution in [3.8, 4) is 5.75 Å². The van der Waals surface area contributed by atoms with Gasteiger partial charge in [-0.2, -0.15) is 13.2 Å². The Bertz CT molecular complexity index is 617. The molecule has 112 valence electrons. The first-order chi connectivity index (χ1) is 9.83. The zero-order valence-corrected chi connectivity index (χ0v) is 12.2. The van der Waals surface area contributed by atoms with E-state index in [2.05, 4.69) is 5.32 Å². The minimum Gasteiger partial charge on any atom is -0.508 e. The summed E-state index contributed by atoms with van der Waals surface area (Å²) >= 11 is 5.68. The number of aromatic hydroxyl groups is 1. The molecule has 0 unspecified atom stereocenters. The standard InChI is InChI=1S/C14H11ClF3NOS/c15-10-1-6-13(20)9(7-10)8-19-11-2-4-12(5-3-11)21-14(16,17)18/h1-7,19-20H,8H2. The number of hydrogen-bond donors (Lipinski definition) is 2. The molecule has 2 aromatic carbocycles. The van der Waals surface area contributed by atoms with Crippen molar-refractivity contribution in [2.75, 3.05) is 5.32 Å². The highest BCUT2D eigenvalue weighted by atomic mass is 35.5. The summed E-state index contributed by atoms with van der Waals surface area (Å²) in [4.78, 5) is 0.124. The van der Waals surface area contributed by atoms with Crippen LogP contribution in [0.25, 0.3) is 0 Å². The number of phenols is 1. The van der Waals surface area contributed by atoms with E-state index in [0.29, 0.717) is 22.8 Å². The van der Waals surface area contributed by atoms with Crippen LogP contribution in [-0.4, -0.2) is 10.6 Å². The fraction of sp³-hybridized carbons (Fsp3) is 0.143. The van der Waals surface area contributed by atoms with E-state index >= 15 is 0 Å². The summed E-state index contributed by atoms with van der Waals surface area (Å²) in [6.45, 7) is 0.318. The highest BCUT2D eigenvalue weighted by Gasteiger charge is 2.28. The molecule has 0 aliphatic heterocycles. The summed E-state index contributed by atoms with van der Waals surface area (Å²) in [6, 6.07) is 10.6. The summed E-state index contributed by atoms with van der Waals surface area (Å²) in [5, 5.41) is 13.2. The van der Waals surface area contributed by atoms with E-state index in [0.717, 1.165) is 0 Å². The number of thioether (sulfide) groups is 1. The number of hydrogen-bond acceptors (Lipinski definition) is 3. The Morgan fingerprint density at radius 2 is 1.76 bits per heavy atom. The fourth-order valence-electron chi connectivity index (χ4n) is 1.67. The topological polar surface area (TPSA) is 32.3 Å². The maximum Gasteiger partial charge on any atom is 0.446 e. The number of rotatable bonds is 4. The van der Waals surface area contributed by atoms with Crippen molar-refractivity contribution in [2.24, 2.45) is 0 Å². The first-order valence-corrected chi connectivity index (χ1v) is 7.10. The molecule has 21 heavy (non-hydrogen) atoms. The van der Waals surface area contributed by atoms with E-state index in [9.17, 15) is 18.3 Å². The van der Waals surface area contributed by atoms with Crippen LogP contribution in [-0.2, 0) is 6.54 Å². The smallest absolute Gasteiger partial charge is 0.446 e. The molecule has 7 heteroatoms. The third-order valence-corrected chi connectivity index (χ3v) is 3.59. The average Bonchev–Trinajstić information content (AvgIpc) is 2.40. The molecular formula is C14H11ClF3NOS. The molecule has 2 aromatic rings. The first kappa shape index (κ1) is 15.9. The van der Waals surface area contributed by atoms with Crippen molar-refractivity contribution >= 4 is 29.1 Å². The van der Waals surface area contributed by atoms with Crippen LogP contribution in [0.5, 0.6) is 5.75 Å². The van der Waals surface area contributed by atoms with Gasteiger partial charge in [-0.3, -0.25) is 0 Å². The Morgan fingerprint density at radius 1 is 1.10 bits per heavy atom. The lowest BCUT2D eigenvalue weighted by Crippen LogP contribution is -2.01. The second-order valence-electron chi connectivity index (χ2n) is 4.20. The maximum atomic E-state index is 12.2. The highest BCUT2D eigenvalue weighted by Crippen LogP contribution is 2.37. The van der Waals surface area contributed by atoms with E-state index in [1.165, 1.54) is 18.2 Å². The van der Waals surface area contributed by atoms with Crippen LogP contribution < -0.4 is 5.32 Å². The zero-order chi connectivity index (χ0) is 15.5. The molecule has 0 atom stereocenters. The lowest BCUT2D eigenvalue weighted by molar-refractivity contribution is -0.0328.